The molecule has 0 N–H and O–H groups in total. The van der Waals surface area contributed by atoms with Crippen molar-refractivity contribution in [2.75, 3.05) is 22.9 Å². The van der Waals surface area contributed by atoms with Gasteiger partial charge in [-0.3, -0.25) is 19.9 Å². The zero-order valence-electron chi connectivity index (χ0n) is 16.4. The van der Waals surface area contributed by atoms with Crippen molar-refractivity contribution in [2.45, 2.75) is 52.7 Å². The number of nitrogens with zero attached hydrogens (tertiary/aromatic N) is 3. The van der Waals surface area contributed by atoms with E-state index in [2.05, 4.69) is 0 Å². The highest BCUT2D eigenvalue weighted by molar-refractivity contribution is 6.00. The van der Waals surface area contributed by atoms with Crippen LogP contribution in [0.2, 0.25) is 0 Å². The van der Waals surface area contributed by atoms with E-state index in [0.29, 0.717) is 5.69 Å². The molecule has 0 bridgehead atoms. The Bertz CT molecular complexity index is 763. The number of carbonyl (C=O) groups excluding carboxylic acids is 2. The first-order valence-corrected chi connectivity index (χ1v) is 8.58. The van der Waals surface area contributed by atoms with Crippen LogP contribution in [0.15, 0.2) is 18.2 Å². The average Bonchev–Trinajstić information content (AvgIpc) is 2.49. The summed E-state index contributed by atoms with van der Waals surface area (Å²) in [5, 5.41) is 11.2. The molecular weight excluding hydrogens is 354 g/mol. The third-order valence-corrected chi connectivity index (χ3v) is 3.53. The maximum absolute atomic E-state index is 12.6. The van der Waals surface area contributed by atoms with Crippen molar-refractivity contribution < 1.29 is 24.0 Å². The molecule has 0 radical (unpaired) electrons. The van der Waals surface area contributed by atoms with Gasteiger partial charge in [0.1, 0.15) is 11.2 Å². The first kappa shape index (κ1) is 20.5. The van der Waals surface area contributed by atoms with Gasteiger partial charge in [-0.2, -0.15) is 0 Å². The summed E-state index contributed by atoms with van der Waals surface area (Å²) >= 11 is 0. The number of benzene rings is 1. The molecule has 9 heteroatoms. The normalized spacial score (nSPS) is 14.4. The molecule has 0 atom stereocenters. The number of non-ortho nitro benzene ring substituents is 1. The highest BCUT2D eigenvalue weighted by Crippen LogP contribution is 2.37. The number of carbonyl (C=O) groups is 2. The summed E-state index contributed by atoms with van der Waals surface area (Å²) in [5.74, 6) is 0. The molecule has 0 aromatic heterocycles. The minimum atomic E-state index is -0.722. The quantitative estimate of drug-likeness (QED) is 0.538. The van der Waals surface area contributed by atoms with Gasteiger partial charge in [-0.05, 0) is 47.6 Å². The second-order valence-electron chi connectivity index (χ2n) is 8.19. The second kappa shape index (κ2) is 7.05. The number of hydrogen-bond donors (Lipinski definition) is 0. The van der Waals surface area contributed by atoms with Crippen LogP contribution in [-0.2, 0) is 9.47 Å². The van der Waals surface area contributed by atoms with E-state index < -0.39 is 28.3 Å². The fourth-order valence-electron chi connectivity index (χ4n) is 2.52. The molecule has 1 aromatic carbocycles. The first-order valence-electron chi connectivity index (χ1n) is 8.58. The number of hydrogen-bond acceptors (Lipinski definition) is 6. The summed E-state index contributed by atoms with van der Waals surface area (Å²) in [6, 6.07) is 3.98. The first-order chi connectivity index (χ1) is 12.3. The SMILES string of the molecule is CC(C)(C)OC(=O)N1CCN(C(=O)OC(C)(C)C)c2cc([N+](=O)[O-])ccc21. The second-order valence-corrected chi connectivity index (χ2v) is 8.19. The van der Waals surface area contributed by atoms with Gasteiger partial charge in [-0.1, -0.05) is 0 Å². The van der Waals surface area contributed by atoms with E-state index in [4.69, 9.17) is 9.47 Å². The molecule has 0 unspecified atom stereocenters. The zero-order valence-corrected chi connectivity index (χ0v) is 16.4. The van der Waals surface area contributed by atoms with E-state index >= 15 is 0 Å². The summed E-state index contributed by atoms with van der Waals surface area (Å²) in [6.07, 6.45) is -1.21. The fraction of sp³-hybridized carbons (Fsp3) is 0.556. The van der Waals surface area contributed by atoms with Crippen molar-refractivity contribution in [3.05, 3.63) is 28.3 Å². The predicted octanol–water partition coefficient (Wildman–Crippen LogP) is 4.09. The molecule has 27 heavy (non-hydrogen) atoms. The van der Waals surface area contributed by atoms with Crippen LogP contribution >= 0.6 is 0 Å². The lowest BCUT2D eigenvalue weighted by atomic mass is 10.1. The predicted molar refractivity (Wildman–Crippen MR) is 100 cm³/mol. The van der Waals surface area contributed by atoms with Crippen LogP contribution in [0.4, 0.5) is 26.7 Å². The van der Waals surface area contributed by atoms with Crippen molar-refractivity contribution in [3.8, 4) is 0 Å². The number of nitro groups is 1. The highest BCUT2D eigenvalue weighted by atomic mass is 16.6. The van der Waals surface area contributed by atoms with Gasteiger partial charge in [0.05, 0.1) is 16.3 Å². The molecule has 0 aliphatic carbocycles. The Labute approximate surface area is 158 Å². The van der Waals surface area contributed by atoms with Gasteiger partial charge in [-0.25, -0.2) is 9.59 Å². The van der Waals surface area contributed by atoms with E-state index in [1.54, 1.807) is 41.5 Å². The van der Waals surface area contributed by atoms with Gasteiger partial charge in [0, 0.05) is 25.2 Å². The van der Waals surface area contributed by atoms with Gasteiger partial charge in [0.15, 0.2) is 0 Å². The molecule has 1 heterocycles. The van der Waals surface area contributed by atoms with Crippen LogP contribution in [0.3, 0.4) is 0 Å². The van der Waals surface area contributed by atoms with Gasteiger partial charge in [0.2, 0.25) is 0 Å². The molecule has 2 amide bonds. The Hall–Kier alpha value is -2.84. The van der Waals surface area contributed by atoms with E-state index in [-0.39, 0.29) is 24.5 Å². The van der Waals surface area contributed by atoms with Crippen LogP contribution in [0, 0.1) is 10.1 Å². The molecule has 148 valence electrons. The molecule has 0 saturated heterocycles. The third-order valence-electron chi connectivity index (χ3n) is 3.53. The largest absolute Gasteiger partial charge is 0.443 e. The van der Waals surface area contributed by atoms with E-state index in [1.807, 2.05) is 0 Å². The Balaban J connectivity index is 2.44. The smallest absolute Gasteiger partial charge is 0.414 e. The number of nitro benzene ring substituents is 1. The van der Waals surface area contributed by atoms with Gasteiger partial charge >= 0.3 is 12.2 Å². The molecule has 1 aliphatic rings. The number of ether oxygens (including phenoxy) is 2. The molecule has 9 nitrogen and oxygen atoms in total. The van der Waals surface area contributed by atoms with Crippen LogP contribution in [0.1, 0.15) is 41.5 Å². The van der Waals surface area contributed by atoms with E-state index in [0.717, 1.165) is 0 Å². The van der Waals surface area contributed by atoms with Crippen LogP contribution in [0.5, 0.6) is 0 Å². The average molecular weight is 379 g/mol. The maximum Gasteiger partial charge on any atom is 0.414 e. The van der Waals surface area contributed by atoms with Gasteiger partial charge < -0.3 is 9.47 Å². The molecular formula is C18H25N3O6. The molecule has 0 fully saturated rings. The van der Waals surface area contributed by atoms with Crippen molar-refractivity contribution in [1.29, 1.82) is 0 Å². The Morgan fingerprint density at radius 1 is 0.926 bits per heavy atom. The minimum absolute atomic E-state index is 0.127. The van der Waals surface area contributed by atoms with Crippen LogP contribution in [-0.4, -0.2) is 41.4 Å². The number of amides is 2. The zero-order chi connectivity index (χ0) is 20.6. The van der Waals surface area contributed by atoms with Crippen molar-refractivity contribution in [3.63, 3.8) is 0 Å². The summed E-state index contributed by atoms with van der Waals surface area (Å²) in [4.78, 5) is 38.4. The van der Waals surface area contributed by atoms with E-state index in [1.165, 1.54) is 28.0 Å². The summed E-state index contributed by atoms with van der Waals surface area (Å²) in [6.45, 7) is 10.7. The topological polar surface area (TPSA) is 102 Å². The van der Waals surface area contributed by atoms with Crippen molar-refractivity contribution >= 4 is 29.2 Å². The number of rotatable bonds is 1. The fourth-order valence-corrected chi connectivity index (χ4v) is 2.52. The van der Waals surface area contributed by atoms with Gasteiger partial charge in [0.25, 0.3) is 5.69 Å². The molecule has 1 aromatic rings. The standard InChI is InChI=1S/C18H25N3O6/c1-17(2,3)26-15(22)19-9-10-20(16(23)27-18(4,5)6)14-11-12(21(24)25)7-8-13(14)19/h7-8,11H,9-10H2,1-6H3. The van der Waals surface area contributed by atoms with Crippen LogP contribution < -0.4 is 9.80 Å². The Kier molecular flexibility index (Phi) is 5.35. The molecule has 0 spiro atoms. The number of fused-ring (bicyclic) bond motifs is 1. The Morgan fingerprint density at radius 2 is 1.37 bits per heavy atom. The Morgan fingerprint density at radius 3 is 1.78 bits per heavy atom. The lowest BCUT2D eigenvalue weighted by molar-refractivity contribution is -0.384. The lowest BCUT2D eigenvalue weighted by Gasteiger charge is -2.37. The number of anilines is 2. The van der Waals surface area contributed by atoms with Gasteiger partial charge in [-0.15, -0.1) is 0 Å². The monoisotopic (exact) mass is 379 g/mol. The lowest BCUT2D eigenvalue weighted by Crippen LogP contribution is -2.49. The minimum Gasteiger partial charge on any atom is -0.443 e. The summed E-state index contributed by atoms with van der Waals surface area (Å²) < 4.78 is 10.8. The van der Waals surface area contributed by atoms with Crippen molar-refractivity contribution in [2.24, 2.45) is 0 Å². The van der Waals surface area contributed by atoms with Crippen molar-refractivity contribution in [1.82, 2.24) is 0 Å². The molecule has 1 aliphatic heterocycles. The molecule has 0 saturated carbocycles. The van der Waals surface area contributed by atoms with Crippen LogP contribution in [0.25, 0.3) is 0 Å². The maximum atomic E-state index is 12.6. The highest BCUT2D eigenvalue weighted by Gasteiger charge is 2.35. The summed E-state index contributed by atoms with van der Waals surface area (Å²) in [5.41, 5.74) is -1.02. The van der Waals surface area contributed by atoms with E-state index in [9.17, 15) is 19.7 Å². The molecule has 2 rings (SSSR count). The summed E-state index contributed by atoms with van der Waals surface area (Å²) in [7, 11) is 0. The third kappa shape index (κ3) is 5.08.